The molecule has 0 fully saturated rings. The molecule has 1 unspecified atom stereocenters. The molecule has 0 aliphatic carbocycles. The molecule has 0 aliphatic heterocycles. The summed E-state index contributed by atoms with van der Waals surface area (Å²) in [5.41, 5.74) is 1.58. The highest BCUT2D eigenvalue weighted by Gasteiger charge is 2.30. The summed E-state index contributed by atoms with van der Waals surface area (Å²) in [7, 11) is 4.18. The van der Waals surface area contributed by atoms with Crippen molar-refractivity contribution in [3.05, 3.63) is 48.0 Å². The van der Waals surface area contributed by atoms with Gasteiger partial charge in [-0.05, 0) is 19.8 Å². The summed E-state index contributed by atoms with van der Waals surface area (Å²) in [6.45, 7) is 6.49. The Hall–Kier alpha value is -1.36. The molecular formula is C17H27ClN2O2. The van der Waals surface area contributed by atoms with Gasteiger partial charge in [-0.2, -0.15) is 0 Å². The lowest BCUT2D eigenvalue weighted by atomic mass is 10.1. The molecule has 0 aliphatic rings. The summed E-state index contributed by atoms with van der Waals surface area (Å²) in [4.78, 5) is 12.0. The standard InChI is InChI=1S/C17H26N2O2.ClH/c1-14(2)17(21)18-16(15-10-6-5-7-11-15)19(3,4)12-8-9-13-20;/h5-7,10-11,16,20H,1,8-9,12-13H2,2-4H3;1H. The Kier molecular flexibility index (Phi) is 9.02. The molecule has 5 heteroatoms. The minimum absolute atomic E-state index is 0. The molecule has 0 spiro atoms. The number of amides is 1. The number of benzene rings is 1. The number of hydrogen-bond acceptors (Lipinski definition) is 2. The van der Waals surface area contributed by atoms with E-state index in [2.05, 4.69) is 26.0 Å². The second-order valence-corrected chi connectivity index (χ2v) is 6.00. The molecule has 124 valence electrons. The monoisotopic (exact) mass is 326 g/mol. The molecule has 1 amide bonds. The zero-order valence-electron chi connectivity index (χ0n) is 13.7. The van der Waals surface area contributed by atoms with Crippen LogP contribution in [0.5, 0.6) is 0 Å². The number of halogens is 1. The van der Waals surface area contributed by atoms with E-state index in [1.54, 1.807) is 6.92 Å². The maximum atomic E-state index is 12.0. The van der Waals surface area contributed by atoms with Crippen LogP contribution in [0.4, 0.5) is 0 Å². The van der Waals surface area contributed by atoms with Crippen LogP contribution in [0.25, 0.3) is 0 Å². The van der Waals surface area contributed by atoms with Gasteiger partial charge >= 0.3 is 0 Å². The molecule has 4 nitrogen and oxygen atoms in total. The third kappa shape index (κ3) is 6.18. The summed E-state index contributed by atoms with van der Waals surface area (Å²) < 4.78 is 0.628. The van der Waals surface area contributed by atoms with Crippen LogP contribution in [0.3, 0.4) is 0 Å². The van der Waals surface area contributed by atoms with E-state index in [4.69, 9.17) is 5.11 Å². The molecule has 0 aromatic heterocycles. The molecule has 1 rings (SSSR count). The minimum Gasteiger partial charge on any atom is -1.00 e. The van der Waals surface area contributed by atoms with E-state index in [1.165, 1.54) is 0 Å². The third-order valence-electron chi connectivity index (χ3n) is 3.61. The number of rotatable bonds is 8. The van der Waals surface area contributed by atoms with Crippen molar-refractivity contribution < 1.29 is 26.8 Å². The number of nitrogens with one attached hydrogen (secondary N) is 1. The smallest absolute Gasteiger partial charge is 0.251 e. The van der Waals surface area contributed by atoms with Crippen molar-refractivity contribution in [3.63, 3.8) is 0 Å². The predicted molar refractivity (Wildman–Crippen MR) is 85.4 cm³/mol. The summed E-state index contributed by atoms with van der Waals surface area (Å²) in [6, 6.07) is 9.96. The van der Waals surface area contributed by atoms with Gasteiger partial charge in [0.2, 0.25) is 0 Å². The molecular weight excluding hydrogens is 300 g/mol. The van der Waals surface area contributed by atoms with Crippen molar-refractivity contribution in [2.24, 2.45) is 0 Å². The van der Waals surface area contributed by atoms with Gasteiger partial charge in [0.25, 0.3) is 5.91 Å². The van der Waals surface area contributed by atoms with Crippen LogP contribution in [-0.4, -0.2) is 42.7 Å². The van der Waals surface area contributed by atoms with Gasteiger partial charge < -0.3 is 22.0 Å². The average Bonchev–Trinajstić information content (AvgIpc) is 2.45. The minimum atomic E-state index is -0.130. The summed E-state index contributed by atoms with van der Waals surface area (Å²) in [5.74, 6) is -0.128. The summed E-state index contributed by atoms with van der Waals surface area (Å²) in [6.07, 6.45) is 1.56. The van der Waals surface area contributed by atoms with Crippen LogP contribution >= 0.6 is 0 Å². The van der Waals surface area contributed by atoms with E-state index in [1.807, 2.05) is 30.3 Å². The zero-order chi connectivity index (χ0) is 15.9. The van der Waals surface area contributed by atoms with Crippen LogP contribution in [-0.2, 0) is 4.79 Å². The number of nitrogens with zero attached hydrogens (tertiary/aromatic N) is 1. The van der Waals surface area contributed by atoms with Crippen LogP contribution in [0.1, 0.15) is 31.5 Å². The Morgan fingerprint density at radius 3 is 2.36 bits per heavy atom. The SMILES string of the molecule is C=C(C)C(=O)NC(c1ccccc1)[N+](C)(C)CCCCO.[Cl-]. The molecule has 22 heavy (non-hydrogen) atoms. The van der Waals surface area contributed by atoms with Gasteiger partial charge in [-0.1, -0.05) is 36.9 Å². The topological polar surface area (TPSA) is 49.3 Å². The quantitative estimate of drug-likeness (QED) is 0.285. The van der Waals surface area contributed by atoms with Gasteiger partial charge in [-0.25, -0.2) is 0 Å². The number of carbonyl (C=O) groups excluding carboxylic acids is 1. The van der Waals surface area contributed by atoms with Crippen molar-refractivity contribution in [2.75, 3.05) is 27.2 Å². The van der Waals surface area contributed by atoms with Crippen LogP contribution in [0, 0.1) is 0 Å². The molecule has 0 saturated heterocycles. The fourth-order valence-corrected chi connectivity index (χ4v) is 2.30. The Balaban J connectivity index is 0.00000441. The lowest BCUT2D eigenvalue weighted by molar-refractivity contribution is -0.923. The molecule has 0 heterocycles. The summed E-state index contributed by atoms with van der Waals surface area (Å²) >= 11 is 0. The highest BCUT2D eigenvalue weighted by Crippen LogP contribution is 2.23. The van der Waals surface area contributed by atoms with Gasteiger partial charge in [-0.15, -0.1) is 0 Å². The van der Waals surface area contributed by atoms with Crippen molar-refractivity contribution in [1.82, 2.24) is 5.32 Å². The van der Waals surface area contributed by atoms with Crippen molar-refractivity contribution >= 4 is 5.91 Å². The summed E-state index contributed by atoms with van der Waals surface area (Å²) in [5, 5.41) is 12.0. The van der Waals surface area contributed by atoms with Gasteiger partial charge in [0.1, 0.15) is 0 Å². The Morgan fingerprint density at radius 1 is 1.27 bits per heavy atom. The third-order valence-corrected chi connectivity index (χ3v) is 3.61. The highest BCUT2D eigenvalue weighted by molar-refractivity contribution is 5.92. The number of aliphatic hydroxyl groups is 1. The maximum absolute atomic E-state index is 12.0. The number of quaternary nitrogens is 1. The molecule has 0 saturated carbocycles. The van der Waals surface area contributed by atoms with Gasteiger partial charge in [0, 0.05) is 17.7 Å². The second-order valence-electron chi connectivity index (χ2n) is 6.00. The van der Waals surface area contributed by atoms with E-state index >= 15 is 0 Å². The second kappa shape index (κ2) is 9.62. The molecule has 1 aromatic rings. The molecule has 0 radical (unpaired) electrons. The highest BCUT2D eigenvalue weighted by atomic mass is 35.5. The molecule has 0 bridgehead atoms. The average molecular weight is 327 g/mol. The van der Waals surface area contributed by atoms with Crippen LogP contribution < -0.4 is 17.7 Å². The van der Waals surface area contributed by atoms with E-state index in [-0.39, 0.29) is 31.1 Å². The van der Waals surface area contributed by atoms with Crippen LogP contribution in [0.2, 0.25) is 0 Å². The van der Waals surface area contributed by atoms with Gasteiger partial charge in [-0.3, -0.25) is 10.1 Å². The normalized spacial score (nSPS) is 12.2. The number of hydrogen-bond donors (Lipinski definition) is 2. The molecule has 1 atom stereocenters. The Morgan fingerprint density at radius 2 is 1.86 bits per heavy atom. The van der Waals surface area contributed by atoms with E-state index in [9.17, 15) is 4.79 Å². The van der Waals surface area contributed by atoms with E-state index in [0.717, 1.165) is 24.9 Å². The largest absolute Gasteiger partial charge is 1.00 e. The number of aliphatic hydroxyl groups excluding tert-OH is 1. The Labute approximate surface area is 139 Å². The predicted octanol–water partition coefficient (Wildman–Crippen LogP) is -0.770. The maximum Gasteiger partial charge on any atom is 0.251 e. The first kappa shape index (κ1) is 20.6. The lowest BCUT2D eigenvalue weighted by Crippen LogP contribution is -3.00. The van der Waals surface area contributed by atoms with Crippen LogP contribution in [0.15, 0.2) is 42.5 Å². The van der Waals surface area contributed by atoms with Crippen molar-refractivity contribution in [2.45, 2.75) is 25.9 Å². The van der Waals surface area contributed by atoms with Crippen molar-refractivity contribution in [3.8, 4) is 0 Å². The zero-order valence-corrected chi connectivity index (χ0v) is 14.4. The Bertz CT molecular complexity index is 475. The lowest BCUT2D eigenvalue weighted by Gasteiger charge is -2.38. The van der Waals surface area contributed by atoms with Gasteiger partial charge in [0.15, 0.2) is 6.17 Å². The van der Waals surface area contributed by atoms with E-state index < -0.39 is 0 Å². The van der Waals surface area contributed by atoms with Gasteiger partial charge in [0.05, 0.1) is 20.6 Å². The first-order chi connectivity index (χ1) is 9.88. The molecule has 2 N–H and O–H groups in total. The number of carbonyl (C=O) groups is 1. The number of unbranched alkanes of at least 4 members (excludes halogenated alkanes) is 1. The fraction of sp³-hybridized carbons (Fsp3) is 0.471. The first-order valence-electron chi connectivity index (χ1n) is 7.33. The first-order valence-corrected chi connectivity index (χ1v) is 7.33. The van der Waals surface area contributed by atoms with E-state index in [0.29, 0.717) is 10.1 Å². The fourth-order valence-electron chi connectivity index (χ4n) is 2.30. The van der Waals surface area contributed by atoms with Crippen molar-refractivity contribution in [1.29, 1.82) is 0 Å². The molecule has 1 aromatic carbocycles.